The van der Waals surface area contributed by atoms with Crippen LogP contribution >= 0.6 is 11.6 Å². The van der Waals surface area contributed by atoms with Gasteiger partial charge in [0, 0.05) is 0 Å². The molecule has 1 N–H and O–H groups in total. The Morgan fingerprint density at radius 2 is 1.96 bits per heavy atom. The van der Waals surface area contributed by atoms with Crippen molar-refractivity contribution >= 4 is 29.2 Å². The van der Waals surface area contributed by atoms with Crippen molar-refractivity contribution in [3.63, 3.8) is 0 Å². The predicted octanol–water partition coefficient (Wildman–Crippen LogP) is 3.67. The van der Waals surface area contributed by atoms with Crippen molar-refractivity contribution in [1.29, 1.82) is 0 Å². The van der Waals surface area contributed by atoms with Crippen molar-refractivity contribution in [2.24, 2.45) is 0 Å². The Morgan fingerprint density at radius 3 is 2.67 bits per heavy atom. The van der Waals surface area contributed by atoms with E-state index in [4.69, 9.17) is 21.1 Å². The Labute approximate surface area is 143 Å². The van der Waals surface area contributed by atoms with E-state index >= 15 is 0 Å². The normalized spacial score (nSPS) is 10.1. The van der Waals surface area contributed by atoms with Crippen molar-refractivity contribution in [3.05, 3.63) is 58.9 Å². The van der Waals surface area contributed by atoms with Gasteiger partial charge in [0.15, 0.2) is 6.61 Å². The van der Waals surface area contributed by atoms with E-state index < -0.39 is 17.7 Å². The zero-order valence-electron chi connectivity index (χ0n) is 12.8. The lowest BCUT2D eigenvalue weighted by atomic mass is 10.2. The summed E-state index contributed by atoms with van der Waals surface area (Å²) in [5.41, 5.74) is 0.558. The molecular weight excluding hydrogens is 337 g/mol. The van der Waals surface area contributed by atoms with Crippen molar-refractivity contribution in [1.82, 2.24) is 0 Å². The van der Waals surface area contributed by atoms with Gasteiger partial charge in [-0.2, -0.15) is 0 Å². The fraction of sp³-hybridized carbons (Fsp3) is 0.176. The average molecular weight is 352 g/mol. The van der Waals surface area contributed by atoms with Gasteiger partial charge in [-0.1, -0.05) is 23.7 Å². The Bertz CT molecular complexity index is 751. The Hall–Kier alpha value is -2.60. The summed E-state index contributed by atoms with van der Waals surface area (Å²) in [5.74, 6) is -1.34. The number of benzene rings is 2. The monoisotopic (exact) mass is 351 g/mol. The summed E-state index contributed by atoms with van der Waals surface area (Å²) < 4.78 is 23.1. The smallest absolute Gasteiger partial charge is 0.340 e. The van der Waals surface area contributed by atoms with Gasteiger partial charge in [0.05, 0.1) is 22.9 Å². The summed E-state index contributed by atoms with van der Waals surface area (Å²) in [4.78, 5) is 23.8. The Balaban J connectivity index is 2.01. The Kier molecular flexibility index (Phi) is 6.14. The topological polar surface area (TPSA) is 64.6 Å². The number of rotatable bonds is 6. The first-order valence-electron chi connectivity index (χ1n) is 7.15. The van der Waals surface area contributed by atoms with Gasteiger partial charge in [0.25, 0.3) is 5.91 Å². The van der Waals surface area contributed by atoms with Crippen LogP contribution in [0.3, 0.4) is 0 Å². The maximum Gasteiger partial charge on any atom is 0.340 e. The highest BCUT2D eigenvalue weighted by Crippen LogP contribution is 2.25. The van der Waals surface area contributed by atoms with Crippen LogP contribution in [0.4, 0.5) is 10.1 Å². The van der Waals surface area contributed by atoms with Gasteiger partial charge in [-0.05, 0) is 37.3 Å². The molecule has 0 aliphatic carbocycles. The van der Waals surface area contributed by atoms with Crippen LogP contribution in [0.15, 0.2) is 42.5 Å². The van der Waals surface area contributed by atoms with Crippen LogP contribution in [0.5, 0.6) is 5.75 Å². The highest BCUT2D eigenvalue weighted by molar-refractivity contribution is 6.32. The molecule has 0 fully saturated rings. The van der Waals surface area contributed by atoms with Gasteiger partial charge >= 0.3 is 5.97 Å². The van der Waals surface area contributed by atoms with Crippen LogP contribution in [0.1, 0.15) is 17.3 Å². The second-order valence-corrected chi connectivity index (χ2v) is 5.08. The zero-order valence-corrected chi connectivity index (χ0v) is 13.6. The third-order valence-electron chi connectivity index (χ3n) is 2.95. The number of carbonyl (C=O) groups excluding carboxylic acids is 2. The summed E-state index contributed by atoms with van der Waals surface area (Å²) in [6, 6.07) is 10.1. The van der Waals surface area contributed by atoms with Crippen molar-refractivity contribution in [2.45, 2.75) is 6.92 Å². The van der Waals surface area contributed by atoms with Gasteiger partial charge < -0.3 is 14.8 Å². The third-order valence-corrected chi connectivity index (χ3v) is 3.24. The molecule has 0 atom stereocenters. The van der Waals surface area contributed by atoms with Crippen molar-refractivity contribution < 1.29 is 23.5 Å². The molecule has 2 aromatic carbocycles. The second kappa shape index (κ2) is 8.31. The zero-order chi connectivity index (χ0) is 17.5. The maximum atomic E-state index is 13.0. The number of para-hydroxylation sites is 1. The van der Waals surface area contributed by atoms with Crippen LogP contribution in [-0.4, -0.2) is 25.1 Å². The number of amides is 1. The molecule has 5 nitrogen and oxygen atoms in total. The molecule has 2 rings (SSSR count). The van der Waals surface area contributed by atoms with Crippen LogP contribution in [0.25, 0.3) is 0 Å². The molecule has 126 valence electrons. The molecule has 1 amide bonds. The molecule has 0 aliphatic heterocycles. The highest BCUT2D eigenvalue weighted by atomic mass is 35.5. The lowest BCUT2D eigenvalue weighted by Gasteiger charge is -2.11. The second-order valence-electron chi connectivity index (χ2n) is 4.68. The number of nitrogens with one attached hydrogen (secondary N) is 1. The van der Waals surface area contributed by atoms with Crippen molar-refractivity contribution in [2.75, 3.05) is 18.5 Å². The summed E-state index contributed by atoms with van der Waals surface area (Å²) in [6.07, 6.45) is 0. The van der Waals surface area contributed by atoms with E-state index in [2.05, 4.69) is 5.32 Å². The number of esters is 1. The van der Waals surface area contributed by atoms with Crippen molar-refractivity contribution in [3.8, 4) is 5.75 Å². The van der Waals surface area contributed by atoms with E-state index in [1.807, 2.05) is 0 Å². The third kappa shape index (κ3) is 4.70. The van der Waals surface area contributed by atoms with Gasteiger partial charge in [0.1, 0.15) is 11.6 Å². The van der Waals surface area contributed by atoms with E-state index in [0.717, 1.165) is 6.07 Å². The molecule has 0 aromatic heterocycles. The summed E-state index contributed by atoms with van der Waals surface area (Å²) >= 11 is 5.82. The van der Waals surface area contributed by atoms with E-state index in [9.17, 15) is 14.0 Å². The fourth-order valence-corrected chi connectivity index (χ4v) is 2.12. The molecule has 0 saturated heterocycles. The molecule has 0 unspecified atom stereocenters. The minimum Gasteiger partial charge on any atom is -0.482 e. The molecule has 0 bridgehead atoms. The van der Waals surface area contributed by atoms with Gasteiger partial charge in [0.2, 0.25) is 0 Å². The van der Waals surface area contributed by atoms with Crippen LogP contribution in [-0.2, 0) is 9.53 Å². The molecule has 0 radical (unpaired) electrons. The molecule has 24 heavy (non-hydrogen) atoms. The van der Waals surface area contributed by atoms with Crippen LogP contribution in [0, 0.1) is 5.82 Å². The van der Waals surface area contributed by atoms with Crippen LogP contribution in [0.2, 0.25) is 5.02 Å². The number of hydrogen-bond donors (Lipinski definition) is 1. The first-order chi connectivity index (χ1) is 11.5. The lowest BCUT2D eigenvalue weighted by Crippen LogP contribution is -2.22. The largest absolute Gasteiger partial charge is 0.482 e. The molecule has 0 heterocycles. The first kappa shape index (κ1) is 17.7. The number of anilines is 1. The number of carbonyl (C=O) groups is 2. The quantitative estimate of drug-likeness (QED) is 0.806. The summed E-state index contributed by atoms with van der Waals surface area (Å²) in [7, 11) is 0. The van der Waals surface area contributed by atoms with E-state index in [-0.39, 0.29) is 29.5 Å². The van der Waals surface area contributed by atoms with E-state index in [1.165, 1.54) is 12.1 Å². The highest BCUT2D eigenvalue weighted by Gasteiger charge is 2.14. The average Bonchev–Trinajstić information content (AvgIpc) is 2.54. The molecule has 0 saturated carbocycles. The number of halogens is 2. The molecule has 7 heteroatoms. The Morgan fingerprint density at radius 1 is 1.21 bits per heavy atom. The summed E-state index contributed by atoms with van der Waals surface area (Å²) in [6.45, 7) is 1.58. The van der Waals surface area contributed by atoms with Crippen LogP contribution < -0.4 is 10.1 Å². The van der Waals surface area contributed by atoms with E-state index in [0.29, 0.717) is 5.69 Å². The van der Waals surface area contributed by atoms with E-state index in [1.54, 1.807) is 31.2 Å². The fourth-order valence-electron chi connectivity index (χ4n) is 1.90. The minimum atomic E-state index is -0.532. The lowest BCUT2D eigenvalue weighted by molar-refractivity contribution is -0.118. The predicted molar refractivity (Wildman–Crippen MR) is 87.9 cm³/mol. The maximum absolute atomic E-state index is 13.0. The first-order valence-corrected chi connectivity index (χ1v) is 7.53. The van der Waals surface area contributed by atoms with Gasteiger partial charge in [-0.25, -0.2) is 9.18 Å². The standard InChI is InChI=1S/C17H15ClFNO4/c1-2-23-17(22)12-5-3-4-6-14(12)20-16(21)10-24-15-8-7-11(19)9-13(15)18/h3-9H,2,10H2,1H3,(H,20,21). The molecule has 0 spiro atoms. The summed E-state index contributed by atoms with van der Waals surface area (Å²) in [5, 5.41) is 2.63. The molecule has 0 aliphatic rings. The number of ether oxygens (including phenoxy) is 2. The molecule has 2 aromatic rings. The minimum absolute atomic E-state index is 0.0646. The molecular formula is C17H15ClFNO4. The number of hydrogen-bond acceptors (Lipinski definition) is 4. The van der Waals surface area contributed by atoms with Gasteiger partial charge in [-0.3, -0.25) is 4.79 Å². The van der Waals surface area contributed by atoms with Gasteiger partial charge in [-0.15, -0.1) is 0 Å². The SMILES string of the molecule is CCOC(=O)c1ccccc1NC(=O)COc1ccc(F)cc1Cl.